The van der Waals surface area contributed by atoms with Gasteiger partial charge in [-0.1, -0.05) is 18.5 Å². The van der Waals surface area contributed by atoms with Gasteiger partial charge in [0, 0.05) is 23.8 Å². The van der Waals surface area contributed by atoms with Crippen LogP contribution in [0.15, 0.2) is 18.2 Å². The summed E-state index contributed by atoms with van der Waals surface area (Å²) in [6.45, 7) is 4.86. The number of rotatable bonds is 3. The third-order valence-corrected chi connectivity index (χ3v) is 3.82. The van der Waals surface area contributed by atoms with Gasteiger partial charge in [-0.3, -0.25) is 4.79 Å². The Bertz CT molecular complexity index is 430. The van der Waals surface area contributed by atoms with Crippen molar-refractivity contribution in [2.75, 3.05) is 11.4 Å². The zero-order valence-corrected chi connectivity index (χ0v) is 11.1. The van der Waals surface area contributed by atoms with Gasteiger partial charge in [0.25, 0.3) is 0 Å². The fraction of sp³-hybridized carbons (Fsp3) is 0.500. The first-order valence-corrected chi connectivity index (χ1v) is 6.58. The van der Waals surface area contributed by atoms with Gasteiger partial charge < -0.3 is 4.90 Å². The van der Waals surface area contributed by atoms with E-state index in [0.717, 1.165) is 18.7 Å². The van der Waals surface area contributed by atoms with Gasteiger partial charge in [0.15, 0.2) is 5.78 Å². The van der Waals surface area contributed by atoms with E-state index in [1.54, 1.807) is 6.92 Å². The first-order chi connectivity index (χ1) is 8.13. The van der Waals surface area contributed by atoms with E-state index in [4.69, 9.17) is 11.6 Å². The predicted molar refractivity (Wildman–Crippen MR) is 72.1 cm³/mol. The SMILES string of the molecule is CCC1CCCN1c1ccc(C(C)=O)c(Cl)c1. The number of Topliss-reactive ketones (excluding diaryl/α,β-unsaturated/α-hetero) is 1. The van der Waals surface area contributed by atoms with Crippen LogP contribution in [0.5, 0.6) is 0 Å². The molecule has 1 aliphatic rings. The highest BCUT2D eigenvalue weighted by Gasteiger charge is 2.23. The zero-order chi connectivity index (χ0) is 12.4. The molecule has 1 unspecified atom stereocenters. The summed E-state index contributed by atoms with van der Waals surface area (Å²) >= 11 is 6.15. The van der Waals surface area contributed by atoms with Crippen molar-refractivity contribution in [3.05, 3.63) is 28.8 Å². The van der Waals surface area contributed by atoms with Gasteiger partial charge in [-0.15, -0.1) is 0 Å². The fourth-order valence-corrected chi connectivity index (χ4v) is 2.88. The van der Waals surface area contributed by atoms with Crippen molar-refractivity contribution in [1.82, 2.24) is 0 Å². The first-order valence-electron chi connectivity index (χ1n) is 6.20. The van der Waals surface area contributed by atoms with Crippen LogP contribution in [0.2, 0.25) is 5.02 Å². The Morgan fingerprint density at radius 2 is 2.29 bits per heavy atom. The Balaban J connectivity index is 2.28. The molecule has 92 valence electrons. The molecule has 0 aromatic heterocycles. The summed E-state index contributed by atoms with van der Waals surface area (Å²) in [5.41, 5.74) is 1.76. The number of hydrogen-bond acceptors (Lipinski definition) is 2. The predicted octanol–water partition coefficient (Wildman–Crippen LogP) is 3.92. The molecular formula is C14H18ClNO. The Morgan fingerprint density at radius 3 is 2.88 bits per heavy atom. The lowest BCUT2D eigenvalue weighted by Crippen LogP contribution is -2.28. The lowest BCUT2D eigenvalue weighted by Gasteiger charge is -2.26. The molecule has 0 saturated carbocycles. The van der Waals surface area contributed by atoms with Crippen LogP contribution in [0.4, 0.5) is 5.69 Å². The summed E-state index contributed by atoms with van der Waals surface area (Å²) in [5, 5.41) is 0.566. The largest absolute Gasteiger partial charge is 0.369 e. The number of anilines is 1. The molecule has 1 fully saturated rings. The number of ketones is 1. The maximum absolute atomic E-state index is 11.3. The highest BCUT2D eigenvalue weighted by molar-refractivity contribution is 6.34. The first kappa shape index (κ1) is 12.4. The van der Waals surface area contributed by atoms with Crippen molar-refractivity contribution < 1.29 is 4.79 Å². The topological polar surface area (TPSA) is 20.3 Å². The second kappa shape index (κ2) is 5.09. The molecule has 0 amide bonds. The van der Waals surface area contributed by atoms with Crippen LogP contribution in [0.1, 0.15) is 43.5 Å². The number of carbonyl (C=O) groups excluding carboxylic acids is 1. The molecule has 17 heavy (non-hydrogen) atoms. The van der Waals surface area contributed by atoms with Crippen molar-refractivity contribution in [2.45, 2.75) is 39.2 Å². The van der Waals surface area contributed by atoms with E-state index in [2.05, 4.69) is 11.8 Å². The minimum absolute atomic E-state index is 0.0232. The number of nitrogens with zero attached hydrogens (tertiary/aromatic N) is 1. The van der Waals surface area contributed by atoms with Crippen LogP contribution in [0, 0.1) is 0 Å². The minimum atomic E-state index is 0.0232. The third-order valence-electron chi connectivity index (χ3n) is 3.51. The number of carbonyl (C=O) groups is 1. The van der Waals surface area contributed by atoms with Gasteiger partial charge in [0.1, 0.15) is 0 Å². The molecule has 1 saturated heterocycles. The Kier molecular flexibility index (Phi) is 3.72. The van der Waals surface area contributed by atoms with E-state index in [1.165, 1.54) is 12.8 Å². The van der Waals surface area contributed by atoms with Crippen LogP contribution < -0.4 is 4.90 Å². The molecule has 0 N–H and O–H groups in total. The maximum atomic E-state index is 11.3. The summed E-state index contributed by atoms with van der Waals surface area (Å²) in [5.74, 6) is 0.0232. The second-order valence-corrected chi connectivity index (χ2v) is 5.03. The van der Waals surface area contributed by atoms with Crippen LogP contribution in [-0.4, -0.2) is 18.4 Å². The summed E-state index contributed by atoms with van der Waals surface area (Å²) in [6.07, 6.45) is 3.65. The van der Waals surface area contributed by atoms with E-state index in [0.29, 0.717) is 16.6 Å². The normalized spacial score (nSPS) is 19.7. The number of halogens is 1. The summed E-state index contributed by atoms with van der Waals surface area (Å²) in [4.78, 5) is 13.7. The molecule has 2 rings (SSSR count). The molecule has 1 aromatic rings. The van der Waals surface area contributed by atoms with Gasteiger partial charge in [-0.25, -0.2) is 0 Å². The second-order valence-electron chi connectivity index (χ2n) is 4.62. The molecule has 1 aliphatic heterocycles. The summed E-state index contributed by atoms with van der Waals surface area (Å²) in [7, 11) is 0. The zero-order valence-electron chi connectivity index (χ0n) is 10.4. The molecule has 1 atom stereocenters. The van der Waals surface area contributed by atoms with Crippen molar-refractivity contribution in [3.8, 4) is 0 Å². The third kappa shape index (κ3) is 2.47. The molecule has 2 nitrogen and oxygen atoms in total. The average molecular weight is 252 g/mol. The minimum Gasteiger partial charge on any atom is -0.369 e. The van der Waals surface area contributed by atoms with Crippen molar-refractivity contribution in [3.63, 3.8) is 0 Å². The van der Waals surface area contributed by atoms with Gasteiger partial charge in [-0.2, -0.15) is 0 Å². The Labute approximate surface area is 108 Å². The van der Waals surface area contributed by atoms with E-state index in [9.17, 15) is 4.79 Å². The molecule has 0 aliphatic carbocycles. The van der Waals surface area contributed by atoms with E-state index in [-0.39, 0.29) is 5.78 Å². The molecule has 0 bridgehead atoms. The lowest BCUT2D eigenvalue weighted by atomic mass is 10.1. The number of benzene rings is 1. The Morgan fingerprint density at radius 1 is 1.53 bits per heavy atom. The summed E-state index contributed by atoms with van der Waals surface area (Å²) in [6, 6.07) is 6.39. The highest BCUT2D eigenvalue weighted by atomic mass is 35.5. The molecule has 1 heterocycles. The molecule has 1 aromatic carbocycles. The smallest absolute Gasteiger partial charge is 0.161 e. The van der Waals surface area contributed by atoms with Gasteiger partial charge in [0.05, 0.1) is 5.02 Å². The molecular weight excluding hydrogens is 234 g/mol. The number of hydrogen-bond donors (Lipinski definition) is 0. The van der Waals surface area contributed by atoms with Crippen LogP contribution in [0.3, 0.4) is 0 Å². The Hall–Kier alpha value is -1.02. The van der Waals surface area contributed by atoms with Crippen LogP contribution in [0.25, 0.3) is 0 Å². The standard InChI is InChI=1S/C14H18ClNO/c1-3-11-5-4-8-16(11)12-6-7-13(10(2)17)14(15)9-12/h6-7,9,11H,3-5,8H2,1-2H3. The van der Waals surface area contributed by atoms with E-state index < -0.39 is 0 Å². The van der Waals surface area contributed by atoms with Gasteiger partial charge in [-0.05, 0) is 44.4 Å². The molecule has 0 radical (unpaired) electrons. The van der Waals surface area contributed by atoms with Crippen molar-refractivity contribution >= 4 is 23.1 Å². The van der Waals surface area contributed by atoms with Gasteiger partial charge >= 0.3 is 0 Å². The molecule has 0 spiro atoms. The quantitative estimate of drug-likeness (QED) is 0.759. The van der Waals surface area contributed by atoms with E-state index >= 15 is 0 Å². The van der Waals surface area contributed by atoms with Crippen molar-refractivity contribution in [1.29, 1.82) is 0 Å². The van der Waals surface area contributed by atoms with Crippen molar-refractivity contribution in [2.24, 2.45) is 0 Å². The summed E-state index contributed by atoms with van der Waals surface area (Å²) < 4.78 is 0. The monoisotopic (exact) mass is 251 g/mol. The highest BCUT2D eigenvalue weighted by Crippen LogP contribution is 2.30. The fourth-order valence-electron chi connectivity index (χ4n) is 2.57. The lowest BCUT2D eigenvalue weighted by molar-refractivity contribution is 0.101. The maximum Gasteiger partial charge on any atom is 0.161 e. The average Bonchev–Trinajstić information content (AvgIpc) is 2.76. The van der Waals surface area contributed by atoms with Crippen LogP contribution in [-0.2, 0) is 0 Å². The van der Waals surface area contributed by atoms with Gasteiger partial charge in [0.2, 0.25) is 0 Å². The van der Waals surface area contributed by atoms with Crippen LogP contribution >= 0.6 is 11.6 Å². The molecule has 3 heteroatoms. The van der Waals surface area contributed by atoms with E-state index in [1.807, 2.05) is 18.2 Å².